The van der Waals surface area contributed by atoms with Gasteiger partial charge in [-0.2, -0.15) is 0 Å². The molecular weight excluding hydrogens is 290 g/mol. The van der Waals surface area contributed by atoms with Gasteiger partial charge in [0.25, 0.3) is 0 Å². The predicted octanol–water partition coefficient (Wildman–Crippen LogP) is 2.42. The molecule has 0 aliphatic rings. The monoisotopic (exact) mass is 313 g/mol. The van der Waals surface area contributed by atoms with E-state index in [9.17, 15) is 13.2 Å². The highest BCUT2D eigenvalue weighted by Crippen LogP contribution is 2.20. The van der Waals surface area contributed by atoms with Gasteiger partial charge in [-0.3, -0.25) is 4.79 Å². The highest BCUT2D eigenvalue weighted by atomic mass is 32.2. The van der Waals surface area contributed by atoms with Crippen molar-refractivity contribution >= 4 is 21.5 Å². The Morgan fingerprint density at radius 2 is 1.81 bits per heavy atom. The van der Waals surface area contributed by atoms with Crippen LogP contribution in [0.4, 0.5) is 5.69 Å². The average Bonchev–Trinajstić information content (AvgIpc) is 2.37. The molecule has 118 valence electrons. The summed E-state index contributed by atoms with van der Waals surface area (Å²) in [5.41, 5.74) is 0.724. The van der Waals surface area contributed by atoms with Crippen molar-refractivity contribution in [2.24, 2.45) is 5.92 Å². The first kappa shape index (κ1) is 17.5. The Labute approximate surface area is 126 Å². The third-order valence-corrected chi connectivity index (χ3v) is 4.88. The normalized spacial score (nSPS) is 11.6. The summed E-state index contributed by atoms with van der Waals surface area (Å²) < 4.78 is 23.9. The second-order valence-corrected chi connectivity index (χ2v) is 7.59. The highest BCUT2D eigenvalue weighted by molar-refractivity contribution is 7.91. The average molecular weight is 313 g/mol. The number of hydrogen-bond acceptors (Lipinski definition) is 4. The summed E-state index contributed by atoms with van der Waals surface area (Å²) in [6.45, 7) is 6.35. The molecule has 0 amide bonds. The van der Waals surface area contributed by atoms with Crippen LogP contribution in [0.25, 0.3) is 0 Å². The lowest BCUT2D eigenvalue weighted by Gasteiger charge is -2.25. The van der Waals surface area contributed by atoms with Crippen molar-refractivity contribution < 1.29 is 18.3 Å². The first-order chi connectivity index (χ1) is 9.76. The van der Waals surface area contributed by atoms with Gasteiger partial charge in [0.2, 0.25) is 0 Å². The Morgan fingerprint density at radius 1 is 1.24 bits per heavy atom. The third kappa shape index (κ3) is 5.38. The molecule has 21 heavy (non-hydrogen) atoms. The van der Waals surface area contributed by atoms with Crippen molar-refractivity contribution in [1.82, 2.24) is 0 Å². The van der Waals surface area contributed by atoms with Crippen LogP contribution in [0.5, 0.6) is 0 Å². The topological polar surface area (TPSA) is 74.7 Å². The van der Waals surface area contributed by atoms with Crippen LogP contribution in [0.3, 0.4) is 0 Å². The standard InChI is InChI=1S/C15H23NO4S/c1-4-9-21(19,20)14-7-5-13(6-8-14)16(10-12(2)3)11-15(17)18/h5-8,12H,4,9-11H2,1-3H3,(H,17,18). The van der Waals surface area contributed by atoms with E-state index in [0.29, 0.717) is 18.9 Å². The molecular formula is C15H23NO4S. The van der Waals surface area contributed by atoms with E-state index in [2.05, 4.69) is 0 Å². The fraction of sp³-hybridized carbons (Fsp3) is 0.533. The molecule has 0 atom stereocenters. The summed E-state index contributed by atoms with van der Waals surface area (Å²) in [4.78, 5) is 13.0. The summed E-state index contributed by atoms with van der Waals surface area (Å²) in [5.74, 6) is -0.469. The van der Waals surface area contributed by atoms with E-state index in [1.165, 1.54) is 0 Å². The largest absolute Gasteiger partial charge is 0.480 e. The van der Waals surface area contributed by atoms with Crippen molar-refractivity contribution in [3.05, 3.63) is 24.3 Å². The van der Waals surface area contributed by atoms with Crippen LogP contribution in [0, 0.1) is 5.92 Å². The Morgan fingerprint density at radius 3 is 2.24 bits per heavy atom. The molecule has 0 unspecified atom stereocenters. The van der Waals surface area contributed by atoms with Gasteiger partial charge in [0.1, 0.15) is 6.54 Å². The van der Waals surface area contributed by atoms with Crippen LogP contribution in [0.2, 0.25) is 0 Å². The first-order valence-corrected chi connectivity index (χ1v) is 8.71. The smallest absolute Gasteiger partial charge is 0.323 e. The van der Waals surface area contributed by atoms with Gasteiger partial charge in [0, 0.05) is 12.2 Å². The van der Waals surface area contributed by atoms with Crippen molar-refractivity contribution in [2.45, 2.75) is 32.1 Å². The maximum atomic E-state index is 12.0. The molecule has 0 bridgehead atoms. The van der Waals surface area contributed by atoms with Crippen LogP contribution in [-0.4, -0.2) is 38.3 Å². The van der Waals surface area contributed by atoms with Gasteiger partial charge >= 0.3 is 5.97 Å². The van der Waals surface area contributed by atoms with Gasteiger partial charge in [-0.25, -0.2) is 8.42 Å². The number of rotatable bonds is 8. The molecule has 0 aromatic heterocycles. The Hall–Kier alpha value is -1.56. The molecule has 1 rings (SSSR count). The molecule has 0 saturated heterocycles. The summed E-state index contributed by atoms with van der Waals surface area (Å²) in [6.07, 6.45) is 0.572. The lowest BCUT2D eigenvalue weighted by molar-refractivity contribution is -0.135. The molecule has 5 nitrogen and oxygen atoms in total. The molecule has 0 fully saturated rings. The fourth-order valence-corrected chi connectivity index (χ4v) is 3.44. The maximum Gasteiger partial charge on any atom is 0.323 e. The Bertz CT molecular complexity index is 564. The number of nitrogens with zero attached hydrogens (tertiary/aromatic N) is 1. The lowest BCUT2D eigenvalue weighted by Crippen LogP contribution is -2.32. The number of carboxylic acids is 1. The Kier molecular flexibility index (Phi) is 6.20. The van der Waals surface area contributed by atoms with E-state index in [-0.39, 0.29) is 17.2 Å². The van der Waals surface area contributed by atoms with Gasteiger partial charge in [0.15, 0.2) is 9.84 Å². The SMILES string of the molecule is CCCS(=O)(=O)c1ccc(N(CC(=O)O)CC(C)C)cc1. The molecule has 0 heterocycles. The number of hydrogen-bond donors (Lipinski definition) is 1. The second kappa shape index (κ2) is 7.45. The van der Waals surface area contributed by atoms with Crippen LogP contribution in [-0.2, 0) is 14.6 Å². The maximum absolute atomic E-state index is 12.0. The number of benzene rings is 1. The van der Waals surface area contributed by atoms with Crippen LogP contribution < -0.4 is 4.90 Å². The van der Waals surface area contributed by atoms with E-state index < -0.39 is 15.8 Å². The van der Waals surface area contributed by atoms with Crippen LogP contribution >= 0.6 is 0 Å². The zero-order valence-corrected chi connectivity index (χ0v) is 13.6. The van der Waals surface area contributed by atoms with Gasteiger partial charge in [-0.05, 0) is 36.6 Å². The minimum absolute atomic E-state index is 0.0980. The molecule has 0 aliphatic carbocycles. The number of carbonyl (C=O) groups is 1. The number of sulfone groups is 1. The van der Waals surface area contributed by atoms with E-state index in [1.54, 1.807) is 29.2 Å². The van der Waals surface area contributed by atoms with E-state index in [1.807, 2.05) is 20.8 Å². The first-order valence-electron chi connectivity index (χ1n) is 7.05. The summed E-state index contributed by atoms with van der Waals surface area (Å²) in [7, 11) is -3.23. The van der Waals surface area contributed by atoms with Crippen molar-refractivity contribution in [1.29, 1.82) is 0 Å². The van der Waals surface area contributed by atoms with Gasteiger partial charge < -0.3 is 10.0 Å². The molecule has 1 aromatic carbocycles. The fourth-order valence-electron chi connectivity index (χ4n) is 2.12. The zero-order chi connectivity index (χ0) is 16.0. The summed E-state index contributed by atoms with van der Waals surface area (Å²) in [6, 6.07) is 6.45. The minimum atomic E-state index is -3.23. The van der Waals surface area contributed by atoms with Crippen LogP contribution in [0.1, 0.15) is 27.2 Å². The second-order valence-electron chi connectivity index (χ2n) is 5.48. The zero-order valence-electron chi connectivity index (χ0n) is 12.7. The lowest BCUT2D eigenvalue weighted by atomic mass is 10.2. The molecule has 1 N–H and O–H groups in total. The molecule has 0 radical (unpaired) electrons. The van der Waals surface area contributed by atoms with Crippen molar-refractivity contribution in [3.8, 4) is 0 Å². The minimum Gasteiger partial charge on any atom is -0.480 e. The number of aliphatic carboxylic acids is 1. The number of anilines is 1. The van der Waals surface area contributed by atoms with Gasteiger partial charge in [-0.1, -0.05) is 20.8 Å². The van der Waals surface area contributed by atoms with Gasteiger partial charge in [-0.15, -0.1) is 0 Å². The summed E-state index contributed by atoms with van der Waals surface area (Å²) >= 11 is 0. The quantitative estimate of drug-likeness (QED) is 0.798. The molecule has 1 aromatic rings. The van der Waals surface area contributed by atoms with E-state index in [4.69, 9.17) is 5.11 Å². The van der Waals surface area contributed by atoms with Crippen LogP contribution in [0.15, 0.2) is 29.2 Å². The van der Waals surface area contributed by atoms with Crippen molar-refractivity contribution in [3.63, 3.8) is 0 Å². The molecule has 6 heteroatoms. The van der Waals surface area contributed by atoms with Gasteiger partial charge in [0.05, 0.1) is 10.6 Å². The Balaban J connectivity index is 2.99. The van der Waals surface area contributed by atoms with Crippen molar-refractivity contribution in [2.75, 3.05) is 23.7 Å². The molecule has 0 saturated carbocycles. The number of carboxylic acid groups (broad SMARTS) is 1. The third-order valence-electron chi connectivity index (χ3n) is 2.95. The predicted molar refractivity (Wildman–Crippen MR) is 83.5 cm³/mol. The van der Waals surface area contributed by atoms with E-state index >= 15 is 0 Å². The molecule has 0 spiro atoms. The summed E-state index contributed by atoms with van der Waals surface area (Å²) in [5, 5.41) is 8.97. The molecule has 0 aliphatic heterocycles. The highest BCUT2D eigenvalue weighted by Gasteiger charge is 2.16. The van der Waals surface area contributed by atoms with E-state index in [0.717, 1.165) is 5.69 Å².